The Morgan fingerprint density at radius 3 is 2.70 bits per heavy atom. The molecule has 2 heterocycles. The van der Waals surface area contributed by atoms with Crippen LogP contribution in [0.1, 0.15) is 35.0 Å². The Labute approximate surface area is 145 Å². The highest BCUT2D eigenvalue weighted by Gasteiger charge is 2.26. The summed E-state index contributed by atoms with van der Waals surface area (Å²) in [5.74, 6) is 0.637. The molecule has 0 radical (unpaired) electrons. The Kier molecular flexibility index (Phi) is 5.26. The Morgan fingerprint density at radius 1 is 1.22 bits per heavy atom. The van der Waals surface area contributed by atoms with Crippen LogP contribution in [0.5, 0.6) is 0 Å². The van der Waals surface area contributed by atoms with Crippen LogP contribution < -0.4 is 5.32 Å². The molecule has 1 saturated heterocycles. The quantitative estimate of drug-likeness (QED) is 0.878. The minimum absolute atomic E-state index is 0.0365. The average molecular weight is 353 g/mol. The number of amides is 1. The van der Waals surface area contributed by atoms with Gasteiger partial charge in [-0.15, -0.1) is 0 Å². The van der Waals surface area contributed by atoms with Crippen molar-refractivity contribution in [1.29, 1.82) is 0 Å². The van der Waals surface area contributed by atoms with Crippen molar-refractivity contribution in [2.75, 3.05) is 19.6 Å². The molecule has 0 saturated carbocycles. The molecule has 3 rings (SSSR count). The van der Waals surface area contributed by atoms with Gasteiger partial charge < -0.3 is 9.73 Å². The van der Waals surface area contributed by atoms with Crippen molar-refractivity contribution in [3.63, 3.8) is 0 Å². The minimum atomic E-state index is -0.228. The maximum atomic E-state index is 12.4. The normalized spacial score (nSPS) is 16.4. The van der Waals surface area contributed by atoms with Gasteiger partial charge in [-0.1, -0.05) is 29.3 Å². The van der Waals surface area contributed by atoms with Crippen molar-refractivity contribution in [2.24, 2.45) is 0 Å². The van der Waals surface area contributed by atoms with Crippen LogP contribution in [0.3, 0.4) is 0 Å². The lowest BCUT2D eigenvalue weighted by atomic mass is 10.1. The maximum Gasteiger partial charge on any atom is 0.252 e. The molecular formula is C17H18Cl2N2O2. The molecule has 1 aliphatic rings. The zero-order chi connectivity index (χ0) is 16.2. The van der Waals surface area contributed by atoms with Crippen LogP contribution in [-0.2, 0) is 0 Å². The van der Waals surface area contributed by atoms with Crippen molar-refractivity contribution in [1.82, 2.24) is 10.2 Å². The molecule has 1 unspecified atom stereocenters. The van der Waals surface area contributed by atoms with Gasteiger partial charge in [-0.2, -0.15) is 0 Å². The predicted molar refractivity (Wildman–Crippen MR) is 91.1 cm³/mol. The molecule has 1 N–H and O–H groups in total. The first kappa shape index (κ1) is 16.4. The summed E-state index contributed by atoms with van der Waals surface area (Å²) in [7, 11) is 0. The van der Waals surface area contributed by atoms with Gasteiger partial charge in [-0.25, -0.2) is 0 Å². The van der Waals surface area contributed by atoms with Gasteiger partial charge >= 0.3 is 0 Å². The van der Waals surface area contributed by atoms with E-state index in [1.807, 2.05) is 12.1 Å². The number of carbonyl (C=O) groups is 1. The maximum absolute atomic E-state index is 12.4. The van der Waals surface area contributed by atoms with Crippen LogP contribution in [0.4, 0.5) is 0 Å². The molecule has 1 fully saturated rings. The molecule has 122 valence electrons. The molecule has 1 aromatic heterocycles. The second-order valence-corrected chi connectivity index (χ2v) is 6.37. The number of halogens is 2. The topological polar surface area (TPSA) is 45.5 Å². The summed E-state index contributed by atoms with van der Waals surface area (Å²) in [6.07, 6.45) is 4.00. The Balaban J connectivity index is 1.71. The number of hydrogen-bond acceptors (Lipinski definition) is 3. The third-order valence-corrected chi connectivity index (χ3v) is 4.92. The lowest BCUT2D eigenvalue weighted by Gasteiger charge is -2.26. The molecule has 0 aliphatic carbocycles. The second-order valence-electron chi connectivity index (χ2n) is 5.59. The number of rotatable bonds is 5. The number of likely N-dealkylation sites (tertiary alicyclic amines) is 1. The molecule has 1 amide bonds. The Morgan fingerprint density at radius 2 is 2.00 bits per heavy atom. The molecule has 0 bridgehead atoms. The lowest BCUT2D eigenvalue weighted by Crippen LogP contribution is -2.36. The Bertz CT molecular complexity index is 667. The van der Waals surface area contributed by atoms with E-state index < -0.39 is 0 Å². The summed E-state index contributed by atoms with van der Waals surface area (Å²) < 4.78 is 5.55. The second kappa shape index (κ2) is 7.39. The van der Waals surface area contributed by atoms with E-state index in [-0.39, 0.29) is 17.0 Å². The van der Waals surface area contributed by atoms with E-state index in [2.05, 4.69) is 10.2 Å². The first-order valence-electron chi connectivity index (χ1n) is 7.66. The van der Waals surface area contributed by atoms with Gasteiger partial charge in [0.05, 0.1) is 27.9 Å². The van der Waals surface area contributed by atoms with Crippen LogP contribution >= 0.6 is 23.2 Å². The number of hydrogen-bond donors (Lipinski definition) is 1. The van der Waals surface area contributed by atoms with Crippen LogP contribution in [0.25, 0.3) is 0 Å². The van der Waals surface area contributed by atoms with Crippen LogP contribution in [-0.4, -0.2) is 30.4 Å². The average Bonchev–Trinajstić information content (AvgIpc) is 3.24. The third kappa shape index (κ3) is 3.71. The molecule has 1 aliphatic heterocycles. The van der Waals surface area contributed by atoms with E-state index in [0.717, 1.165) is 18.8 Å². The van der Waals surface area contributed by atoms with Crippen molar-refractivity contribution < 1.29 is 9.21 Å². The smallest absolute Gasteiger partial charge is 0.252 e. The summed E-state index contributed by atoms with van der Waals surface area (Å²) in [6.45, 7) is 2.49. The number of carbonyl (C=O) groups excluding carboxylic acids is 1. The standard InChI is InChI=1S/C17H18Cl2N2O2/c18-13-6-3-5-12(16(13)19)17(22)20-11-14(15-7-4-10-23-15)21-8-1-2-9-21/h3-7,10,14H,1-2,8-9,11H2,(H,20,22). The molecule has 6 heteroatoms. The van der Waals surface area contributed by atoms with Crippen LogP contribution in [0.2, 0.25) is 10.0 Å². The van der Waals surface area contributed by atoms with Crippen LogP contribution in [0.15, 0.2) is 41.0 Å². The summed E-state index contributed by atoms with van der Waals surface area (Å²) in [5, 5.41) is 3.60. The van der Waals surface area contributed by atoms with Crippen molar-refractivity contribution in [3.8, 4) is 0 Å². The zero-order valence-corrected chi connectivity index (χ0v) is 14.1. The molecule has 1 atom stereocenters. The Hall–Kier alpha value is -1.49. The first-order valence-corrected chi connectivity index (χ1v) is 8.42. The van der Waals surface area contributed by atoms with E-state index in [4.69, 9.17) is 27.6 Å². The molecule has 0 spiro atoms. The van der Waals surface area contributed by atoms with E-state index in [0.29, 0.717) is 17.1 Å². The van der Waals surface area contributed by atoms with E-state index in [9.17, 15) is 4.79 Å². The van der Waals surface area contributed by atoms with Crippen LogP contribution in [0, 0.1) is 0 Å². The molecule has 4 nitrogen and oxygen atoms in total. The molecule has 1 aromatic carbocycles. The van der Waals surface area contributed by atoms with Gasteiger partial charge in [0, 0.05) is 6.54 Å². The lowest BCUT2D eigenvalue weighted by molar-refractivity contribution is 0.0934. The van der Waals surface area contributed by atoms with Gasteiger partial charge in [0.25, 0.3) is 5.91 Å². The van der Waals surface area contributed by atoms with E-state index >= 15 is 0 Å². The van der Waals surface area contributed by atoms with Crippen molar-refractivity contribution in [3.05, 3.63) is 58.0 Å². The monoisotopic (exact) mass is 352 g/mol. The van der Waals surface area contributed by atoms with Crippen molar-refractivity contribution >= 4 is 29.1 Å². The van der Waals surface area contributed by atoms with Gasteiger partial charge in [0.2, 0.25) is 0 Å². The fraction of sp³-hybridized carbons (Fsp3) is 0.353. The molecule has 2 aromatic rings. The zero-order valence-electron chi connectivity index (χ0n) is 12.6. The summed E-state index contributed by atoms with van der Waals surface area (Å²) in [6, 6.07) is 8.90. The van der Waals surface area contributed by atoms with Gasteiger partial charge in [-0.05, 0) is 50.2 Å². The number of nitrogens with zero attached hydrogens (tertiary/aromatic N) is 1. The number of furan rings is 1. The molecular weight excluding hydrogens is 335 g/mol. The van der Waals surface area contributed by atoms with E-state index in [1.54, 1.807) is 24.5 Å². The van der Waals surface area contributed by atoms with Gasteiger partial charge in [-0.3, -0.25) is 9.69 Å². The van der Waals surface area contributed by atoms with Crippen molar-refractivity contribution in [2.45, 2.75) is 18.9 Å². The first-order chi connectivity index (χ1) is 11.2. The molecule has 23 heavy (non-hydrogen) atoms. The summed E-state index contributed by atoms with van der Waals surface area (Å²) in [5.41, 5.74) is 0.388. The summed E-state index contributed by atoms with van der Waals surface area (Å²) in [4.78, 5) is 14.7. The highest BCUT2D eigenvalue weighted by molar-refractivity contribution is 6.43. The van der Waals surface area contributed by atoms with Gasteiger partial charge in [0.15, 0.2) is 0 Å². The SMILES string of the molecule is O=C(NCC(c1ccco1)N1CCCC1)c1cccc(Cl)c1Cl. The number of nitrogens with one attached hydrogen (secondary N) is 1. The highest BCUT2D eigenvalue weighted by Crippen LogP contribution is 2.27. The minimum Gasteiger partial charge on any atom is -0.468 e. The summed E-state index contributed by atoms with van der Waals surface area (Å²) >= 11 is 12.1. The van der Waals surface area contributed by atoms with Gasteiger partial charge in [0.1, 0.15) is 5.76 Å². The third-order valence-electron chi connectivity index (χ3n) is 4.11. The highest BCUT2D eigenvalue weighted by atomic mass is 35.5. The largest absolute Gasteiger partial charge is 0.468 e. The predicted octanol–water partition coefficient (Wildman–Crippen LogP) is 4.15. The fourth-order valence-electron chi connectivity index (χ4n) is 2.91. The number of benzene rings is 1. The van der Waals surface area contributed by atoms with E-state index in [1.165, 1.54) is 12.8 Å². The fourth-order valence-corrected chi connectivity index (χ4v) is 3.29.